The summed E-state index contributed by atoms with van der Waals surface area (Å²) in [6, 6.07) is 0.371. The highest BCUT2D eigenvalue weighted by molar-refractivity contribution is 9.09. The Morgan fingerprint density at radius 1 is 0.938 bits per heavy atom. The first-order chi connectivity index (χ1) is 7.77. The Morgan fingerprint density at radius 3 is 2.31 bits per heavy atom. The zero-order valence-electron chi connectivity index (χ0n) is 9.88. The highest BCUT2D eigenvalue weighted by Gasteiger charge is 2.27. The van der Waals surface area contributed by atoms with Crippen molar-refractivity contribution in [3.63, 3.8) is 0 Å². The van der Waals surface area contributed by atoms with Crippen molar-refractivity contribution < 1.29 is 4.79 Å². The third-order valence-electron chi connectivity index (χ3n) is 3.99. The summed E-state index contributed by atoms with van der Waals surface area (Å²) in [4.78, 5) is 12.5. The highest BCUT2D eigenvalue weighted by atomic mass is 79.9. The summed E-state index contributed by atoms with van der Waals surface area (Å²) < 4.78 is 0. The molecule has 2 saturated carbocycles. The number of halogens is 1. The molecule has 0 aromatic rings. The molecule has 2 rings (SSSR count). The molecule has 1 N–H and O–H groups in total. The first kappa shape index (κ1) is 12.4. The Morgan fingerprint density at radius 2 is 1.56 bits per heavy atom. The lowest BCUT2D eigenvalue weighted by Gasteiger charge is -2.23. The lowest BCUT2D eigenvalue weighted by molar-refractivity contribution is -0.125. The average Bonchev–Trinajstić information content (AvgIpc) is 2.73. The predicted molar refractivity (Wildman–Crippen MR) is 69.7 cm³/mol. The van der Waals surface area contributed by atoms with Gasteiger partial charge < -0.3 is 5.32 Å². The molecular formula is C13H22BrNO. The predicted octanol–water partition coefficient (Wildman–Crippen LogP) is 3.39. The van der Waals surface area contributed by atoms with Gasteiger partial charge >= 0.3 is 0 Å². The molecule has 92 valence electrons. The Kier molecular flexibility index (Phi) is 4.68. The van der Waals surface area contributed by atoms with E-state index in [2.05, 4.69) is 21.2 Å². The molecule has 1 amide bonds. The molecule has 0 heterocycles. The van der Waals surface area contributed by atoms with Crippen LogP contribution in [0.4, 0.5) is 0 Å². The molecule has 2 fully saturated rings. The third kappa shape index (κ3) is 3.22. The lowest BCUT2D eigenvalue weighted by Crippen LogP contribution is -2.42. The fraction of sp³-hybridized carbons (Fsp3) is 0.923. The summed E-state index contributed by atoms with van der Waals surface area (Å²) in [5.41, 5.74) is 0. The van der Waals surface area contributed by atoms with Crippen LogP contribution in [-0.4, -0.2) is 16.8 Å². The van der Waals surface area contributed by atoms with Gasteiger partial charge in [-0.25, -0.2) is 0 Å². The number of nitrogens with one attached hydrogen (secondary N) is 1. The average molecular weight is 288 g/mol. The second kappa shape index (κ2) is 6.04. The second-order valence-corrected chi connectivity index (χ2v) is 6.43. The van der Waals surface area contributed by atoms with Crippen LogP contribution in [0, 0.1) is 5.92 Å². The summed E-state index contributed by atoms with van der Waals surface area (Å²) in [6.45, 7) is 0. The van der Waals surface area contributed by atoms with Crippen molar-refractivity contribution in [2.45, 2.75) is 68.7 Å². The van der Waals surface area contributed by atoms with Gasteiger partial charge in [0.2, 0.25) is 5.91 Å². The molecule has 0 aliphatic heterocycles. The molecule has 0 aromatic heterocycles. The third-order valence-corrected chi connectivity index (χ3v) is 5.08. The van der Waals surface area contributed by atoms with E-state index in [9.17, 15) is 4.79 Å². The maximum Gasteiger partial charge on any atom is 0.223 e. The number of alkyl halides is 1. The zero-order valence-corrected chi connectivity index (χ0v) is 11.5. The largest absolute Gasteiger partial charge is 0.352 e. The Labute approximate surface area is 107 Å². The number of hydrogen-bond acceptors (Lipinski definition) is 1. The Balaban J connectivity index is 1.84. The summed E-state index contributed by atoms with van der Waals surface area (Å²) in [6.07, 6.45) is 10.9. The molecule has 0 radical (unpaired) electrons. The Hall–Kier alpha value is -0.0500. The van der Waals surface area contributed by atoms with E-state index in [0.717, 1.165) is 19.3 Å². The molecule has 2 nitrogen and oxygen atoms in total. The number of rotatable bonds is 2. The smallest absolute Gasteiger partial charge is 0.223 e. The second-order valence-electron chi connectivity index (χ2n) is 5.25. The first-order valence-corrected chi connectivity index (χ1v) is 7.63. The van der Waals surface area contributed by atoms with E-state index in [1.807, 2.05) is 0 Å². The summed E-state index contributed by atoms with van der Waals surface area (Å²) in [7, 11) is 0. The van der Waals surface area contributed by atoms with Gasteiger partial charge in [-0.2, -0.15) is 0 Å². The highest BCUT2D eigenvalue weighted by Crippen LogP contribution is 2.27. The van der Waals surface area contributed by atoms with Crippen molar-refractivity contribution in [3.05, 3.63) is 0 Å². The van der Waals surface area contributed by atoms with Crippen molar-refractivity contribution >= 4 is 21.8 Å². The van der Waals surface area contributed by atoms with Crippen molar-refractivity contribution in [2.24, 2.45) is 5.92 Å². The van der Waals surface area contributed by atoms with Gasteiger partial charge in [0.25, 0.3) is 0 Å². The monoisotopic (exact) mass is 287 g/mol. The zero-order chi connectivity index (χ0) is 11.4. The van der Waals surface area contributed by atoms with Crippen LogP contribution in [0.2, 0.25) is 0 Å². The molecule has 2 atom stereocenters. The minimum Gasteiger partial charge on any atom is -0.352 e. The molecule has 2 aliphatic carbocycles. The van der Waals surface area contributed by atoms with Crippen LogP contribution in [-0.2, 0) is 4.79 Å². The summed E-state index contributed by atoms with van der Waals surface area (Å²) in [5.74, 6) is 0.622. The van der Waals surface area contributed by atoms with Gasteiger partial charge in [-0.05, 0) is 25.7 Å². The quantitative estimate of drug-likeness (QED) is 0.612. The van der Waals surface area contributed by atoms with Gasteiger partial charge in [-0.15, -0.1) is 0 Å². The number of hydrogen-bond donors (Lipinski definition) is 1. The molecule has 0 aromatic carbocycles. The van der Waals surface area contributed by atoms with Gasteiger partial charge in [0.15, 0.2) is 0 Å². The van der Waals surface area contributed by atoms with Crippen molar-refractivity contribution in [3.8, 4) is 0 Å². The van der Waals surface area contributed by atoms with E-state index >= 15 is 0 Å². The molecular weight excluding hydrogens is 266 g/mol. The molecule has 16 heavy (non-hydrogen) atoms. The van der Waals surface area contributed by atoms with Gasteiger partial charge in [0.1, 0.15) is 0 Å². The van der Waals surface area contributed by atoms with Gasteiger partial charge in [-0.3, -0.25) is 4.79 Å². The maximum atomic E-state index is 12.0. The number of carbonyl (C=O) groups excluding carboxylic acids is 1. The molecule has 2 unspecified atom stereocenters. The van der Waals surface area contributed by atoms with Crippen LogP contribution in [0.1, 0.15) is 57.8 Å². The van der Waals surface area contributed by atoms with Crippen molar-refractivity contribution in [2.75, 3.05) is 0 Å². The Bertz CT molecular complexity index is 238. The minimum absolute atomic E-state index is 0.308. The fourth-order valence-corrected chi connectivity index (χ4v) is 3.63. The number of amides is 1. The normalized spacial score (nSPS) is 32.3. The van der Waals surface area contributed by atoms with Crippen LogP contribution in [0.3, 0.4) is 0 Å². The van der Waals surface area contributed by atoms with E-state index in [4.69, 9.17) is 0 Å². The first-order valence-electron chi connectivity index (χ1n) is 6.72. The van der Waals surface area contributed by atoms with Crippen LogP contribution >= 0.6 is 15.9 Å². The standard InChI is InChI=1S/C13H22BrNO/c14-11-8-2-1-3-9-12(11)15-13(16)10-6-4-5-7-10/h10-12H,1-9H2,(H,15,16). The maximum absolute atomic E-state index is 12.0. The molecule has 0 saturated heterocycles. The summed E-state index contributed by atoms with van der Waals surface area (Å²) >= 11 is 3.73. The van der Waals surface area contributed by atoms with Crippen LogP contribution < -0.4 is 5.32 Å². The SMILES string of the molecule is O=C(NC1CCCCCC1Br)C1CCCC1. The molecule has 0 bridgehead atoms. The van der Waals surface area contributed by atoms with Gasteiger partial charge in [0.05, 0.1) is 0 Å². The van der Waals surface area contributed by atoms with Crippen LogP contribution in [0.25, 0.3) is 0 Å². The molecule has 3 heteroatoms. The van der Waals surface area contributed by atoms with Crippen LogP contribution in [0.5, 0.6) is 0 Å². The van der Waals surface area contributed by atoms with E-state index in [1.54, 1.807) is 0 Å². The van der Waals surface area contributed by atoms with Gasteiger partial charge in [-0.1, -0.05) is 48.0 Å². The van der Waals surface area contributed by atoms with E-state index < -0.39 is 0 Å². The van der Waals surface area contributed by atoms with Crippen LogP contribution in [0.15, 0.2) is 0 Å². The fourth-order valence-electron chi connectivity index (χ4n) is 2.91. The molecule has 2 aliphatic rings. The minimum atomic E-state index is 0.308. The van der Waals surface area contributed by atoms with E-state index in [0.29, 0.717) is 22.7 Å². The molecule has 0 spiro atoms. The van der Waals surface area contributed by atoms with Crippen molar-refractivity contribution in [1.29, 1.82) is 0 Å². The lowest BCUT2D eigenvalue weighted by atomic mass is 10.0. The number of carbonyl (C=O) groups is 1. The van der Waals surface area contributed by atoms with E-state index in [-0.39, 0.29) is 0 Å². The summed E-state index contributed by atoms with van der Waals surface area (Å²) in [5, 5.41) is 3.26. The van der Waals surface area contributed by atoms with Gasteiger partial charge in [0, 0.05) is 16.8 Å². The topological polar surface area (TPSA) is 29.1 Å². The van der Waals surface area contributed by atoms with E-state index in [1.165, 1.54) is 38.5 Å². The van der Waals surface area contributed by atoms with Crippen molar-refractivity contribution in [1.82, 2.24) is 5.32 Å².